The van der Waals surface area contributed by atoms with Gasteiger partial charge in [0.15, 0.2) is 5.13 Å². The number of hydrogen-bond acceptors (Lipinski definition) is 5. The fraction of sp³-hybridized carbons (Fsp3) is 0.389. The molecule has 0 unspecified atom stereocenters. The molecule has 2 N–H and O–H groups in total. The third kappa shape index (κ3) is 4.43. The molecule has 0 aliphatic carbocycles. The van der Waals surface area contributed by atoms with E-state index in [1.165, 1.54) is 23.8 Å². The van der Waals surface area contributed by atoms with Gasteiger partial charge >= 0.3 is 0 Å². The van der Waals surface area contributed by atoms with E-state index in [2.05, 4.69) is 27.4 Å². The monoisotopic (exact) mass is 358 g/mol. The second-order valence-electron chi connectivity index (χ2n) is 6.38. The topological polar surface area (TPSA) is 74.3 Å². The molecule has 0 bridgehead atoms. The number of carbonyl (C=O) groups excluding carboxylic acids is 2. The summed E-state index contributed by atoms with van der Waals surface area (Å²) >= 11 is 1.49. The molecule has 1 aromatic heterocycles. The SMILES string of the molecule is CC(=O)Nc1nc2c(s1)CN(CC(=O)Nc1ccc(C)c(C)c1)CC2. The van der Waals surface area contributed by atoms with Crippen molar-refractivity contribution in [3.63, 3.8) is 0 Å². The van der Waals surface area contributed by atoms with Crippen molar-refractivity contribution in [2.45, 2.75) is 33.7 Å². The number of nitrogens with one attached hydrogen (secondary N) is 2. The number of aryl methyl sites for hydroxylation is 2. The quantitative estimate of drug-likeness (QED) is 0.881. The summed E-state index contributed by atoms with van der Waals surface area (Å²) in [5, 5.41) is 6.33. The molecule has 25 heavy (non-hydrogen) atoms. The van der Waals surface area contributed by atoms with Gasteiger partial charge < -0.3 is 10.6 Å². The first kappa shape index (κ1) is 17.6. The van der Waals surface area contributed by atoms with Crippen molar-refractivity contribution in [2.75, 3.05) is 23.7 Å². The van der Waals surface area contributed by atoms with Crippen LogP contribution in [0.15, 0.2) is 18.2 Å². The van der Waals surface area contributed by atoms with Gasteiger partial charge in [0.05, 0.1) is 12.2 Å². The van der Waals surface area contributed by atoms with Crippen LogP contribution < -0.4 is 10.6 Å². The third-order valence-corrected chi connectivity index (χ3v) is 5.25. The molecule has 1 aliphatic heterocycles. The molecule has 6 nitrogen and oxygen atoms in total. The summed E-state index contributed by atoms with van der Waals surface area (Å²) in [5.41, 5.74) is 4.23. The Labute approximate surface area is 151 Å². The normalized spacial score (nSPS) is 14.0. The summed E-state index contributed by atoms with van der Waals surface area (Å²) < 4.78 is 0. The average molecular weight is 358 g/mol. The van der Waals surface area contributed by atoms with Crippen molar-refractivity contribution >= 4 is 34.0 Å². The number of thiazole rings is 1. The molecule has 2 amide bonds. The molecule has 132 valence electrons. The predicted octanol–water partition coefficient (Wildman–Crippen LogP) is 2.72. The molecule has 7 heteroatoms. The first-order chi connectivity index (χ1) is 11.9. The van der Waals surface area contributed by atoms with Crippen LogP contribution in [0.1, 0.15) is 28.6 Å². The molecule has 2 aromatic rings. The largest absolute Gasteiger partial charge is 0.325 e. The number of nitrogens with zero attached hydrogens (tertiary/aromatic N) is 2. The van der Waals surface area contributed by atoms with Gasteiger partial charge in [0, 0.05) is 37.0 Å². The maximum Gasteiger partial charge on any atom is 0.238 e. The minimum absolute atomic E-state index is 0.0155. The first-order valence-corrected chi connectivity index (χ1v) is 9.08. The van der Waals surface area contributed by atoms with E-state index in [4.69, 9.17) is 0 Å². The molecule has 1 aliphatic rings. The molecule has 1 aromatic carbocycles. The first-order valence-electron chi connectivity index (χ1n) is 8.26. The smallest absolute Gasteiger partial charge is 0.238 e. The summed E-state index contributed by atoms with van der Waals surface area (Å²) in [5.74, 6) is -0.131. The van der Waals surface area contributed by atoms with E-state index in [9.17, 15) is 9.59 Å². The van der Waals surface area contributed by atoms with Crippen molar-refractivity contribution in [1.29, 1.82) is 0 Å². The van der Waals surface area contributed by atoms with Crippen LogP contribution in [0.25, 0.3) is 0 Å². The number of carbonyl (C=O) groups is 2. The van der Waals surface area contributed by atoms with E-state index in [0.29, 0.717) is 18.2 Å². The number of amides is 2. The van der Waals surface area contributed by atoms with Crippen LogP contribution in [-0.4, -0.2) is 34.8 Å². The lowest BCUT2D eigenvalue weighted by molar-refractivity contribution is -0.117. The summed E-state index contributed by atoms with van der Waals surface area (Å²) in [6.45, 7) is 7.39. The Balaban J connectivity index is 1.58. The molecular weight excluding hydrogens is 336 g/mol. The Hall–Kier alpha value is -2.25. The van der Waals surface area contributed by atoms with Crippen LogP contribution in [0.5, 0.6) is 0 Å². The molecule has 0 saturated carbocycles. The molecule has 0 spiro atoms. The third-order valence-electron chi connectivity index (χ3n) is 4.25. The Morgan fingerprint density at radius 1 is 1.24 bits per heavy atom. The van der Waals surface area contributed by atoms with Crippen molar-refractivity contribution in [2.24, 2.45) is 0 Å². The molecule has 0 saturated heterocycles. The fourth-order valence-corrected chi connectivity index (χ4v) is 3.91. The van der Waals surface area contributed by atoms with E-state index >= 15 is 0 Å². The Morgan fingerprint density at radius 3 is 2.76 bits per heavy atom. The van der Waals surface area contributed by atoms with Crippen LogP contribution in [-0.2, 0) is 22.6 Å². The Bertz CT molecular complexity index is 815. The number of fused-ring (bicyclic) bond motifs is 1. The van der Waals surface area contributed by atoms with E-state index in [1.54, 1.807) is 0 Å². The highest BCUT2D eigenvalue weighted by atomic mass is 32.1. The lowest BCUT2D eigenvalue weighted by Gasteiger charge is -2.25. The highest BCUT2D eigenvalue weighted by molar-refractivity contribution is 7.15. The second-order valence-corrected chi connectivity index (χ2v) is 7.46. The maximum absolute atomic E-state index is 12.3. The molecule has 2 heterocycles. The van der Waals surface area contributed by atoms with Crippen molar-refractivity contribution < 1.29 is 9.59 Å². The number of aromatic nitrogens is 1. The van der Waals surface area contributed by atoms with Gasteiger partial charge in [-0.1, -0.05) is 6.07 Å². The van der Waals surface area contributed by atoms with Gasteiger partial charge in [0.1, 0.15) is 0 Å². The number of benzene rings is 1. The second kappa shape index (κ2) is 7.33. The lowest BCUT2D eigenvalue weighted by atomic mass is 10.1. The standard InChI is InChI=1S/C18H22N4O2S/c1-11-4-5-14(8-12(11)2)20-17(24)10-22-7-6-15-16(9-22)25-18(21-15)19-13(3)23/h4-5,8H,6-7,9-10H2,1-3H3,(H,20,24)(H,19,21,23). The predicted molar refractivity (Wildman–Crippen MR) is 99.9 cm³/mol. The highest BCUT2D eigenvalue weighted by Gasteiger charge is 2.22. The van der Waals surface area contributed by atoms with Crippen molar-refractivity contribution in [3.05, 3.63) is 39.9 Å². The molecule has 0 fully saturated rings. The van der Waals surface area contributed by atoms with Gasteiger partial charge in [-0.25, -0.2) is 4.98 Å². The van der Waals surface area contributed by atoms with E-state index in [0.717, 1.165) is 34.8 Å². The molecule has 0 atom stereocenters. The highest BCUT2D eigenvalue weighted by Crippen LogP contribution is 2.28. The van der Waals surface area contributed by atoms with Crippen LogP contribution in [0.3, 0.4) is 0 Å². The van der Waals surface area contributed by atoms with Crippen LogP contribution in [0.2, 0.25) is 0 Å². The zero-order chi connectivity index (χ0) is 18.0. The average Bonchev–Trinajstić information content (AvgIpc) is 2.91. The van der Waals surface area contributed by atoms with E-state index in [1.807, 2.05) is 25.1 Å². The molecule has 3 rings (SSSR count). The minimum atomic E-state index is -0.115. The zero-order valence-corrected chi connectivity index (χ0v) is 15.5. The van der Waals surface area contributed by atoms with Gasteiger partial charge in [0.25, 0.3) is 0 Å². The van der Waals surface area contributed by atoms with Crippen LogP contribution in [0, 0.1) is 13.8 Å². The van der Waals surface area contributed by atoms with Gasteiger partial charge in [-0.15, -0.1) is 11.3 Å². The van der Waals surface area contributed by atoms with Crippen LogP contribution >= 0.6 is 11.3 Å². The van der Waals surface area contributed by atoms with Gasteiger partial charge in [-0.3, -0.25) is 14.5 Å². The summed E-state index contributed by atoms with van der Waals surface area (Å²) in [6, 6.07) is 5.93. The summed E-state index contributed by atoms with van der Waals surface area (Å²) in [7, 11) is 0. The number of rotatable bonds is 4. The minimum Gasteiger partial charge on any atom is -0.325 e. The number of anilines is 2. The molecular formula is C18H22N4O2S. The van der Waals surface area contributed by atoms with Crippen molar-refractivity contribution in [1.82, 2.24) is 9.88 Å². The lowest BCUT2D eigenvalue weighted by Crippen LogP contribution is -2.36. The van der Waals surface area contributed by atoms with Gasteiger partial charge in [-0.2, -0.15) is 0 Å². The summed E-state index contributed by atoms with van der Waals surface area (Å²) in [4.78, 5) is 31.1. The Kier molecular flexibility index (Phi) is 5.15. The van der Waals surface area contributed by atoms with Gasteiger partial charge in [-0.05, 0) is 37.1 Å². The van der Waals surface area contributed by atoms with Crippen molar-refractivity contribution in [3.8, 4) is 0 Å². The maximum atomic E-state index is 12.3. The van der Waals surface area contributed by atoms with Crippen LogP contribution in [0.4, 0.5) is 10.8 Å². The van der Waals surface area contributed by atoms with E-state index < -0.39 is 0 Å². The Morgan fingerprint density at radius 2 is 2.04 bits per heavy atom. The molecule has 0 radical (unpaired) electrons. The fourth-order valence-electron chi connectivity index (χ4n) is 2.81. The number of hydrogen-bond donors (Lipinski definition) is 2. The van der Waals surface area contributed by atoms with Gasteiger partial charge in [0.2, 0.25) is 11.8 Å². The zero-order valence-electron chi connectivity index (χ0n) is 14.7. The summed E-state index contributed by atoms with van der Waals surface area (Å²) in [6.07, 6.45) is 0.794. The van der Waals surface area contributed by atoms with E-state index in [-0.39, 0.29) is 11.8 Å².